The van der Waals surface area contributed by atoms with Gasteiger partial charge in [0.15, 0.2) is 0 Å². The summed E-state index contributed by atoms with van der Waals surface area (Å²) < 4.78 is 4.60. The molecule has 2 nitrogen and oxygen atoms in total. The fourth-order valence-electron chi connectivity index (χ4n) is 0.850. The van der Waals surface area contributed by atoms with Crippen molar-refractivity contribution >= 4 is 21.9 Å². The predicted molar refractivity (Wildman–Crippen MR) is 62.6 cm³/mol. The molecule has 0 aromatic rings. The maximum atomic E-state index is 11.4. The molecule has 0 aliphatic heterocycles. The molecular formula is C11H19BrO2. The lowest BCUT2D eigenvalue weighted by molar-refractivity contribution is -0.146. The van der Waals surface area contributed by atoms with Crippen LogP contribution < -0.4 is 0 Å². The zero-order valence-corrected chi connectivity index (χ0v) is 10.6. The third-order valence-electron chi connectivity index (χ3n) is 2.13. The van der Waals surface area contributed by atoms with Crippen LogP contribution >= 0.6 is 15.9 Å². The average molecular weight is 263 g/mol. The van der Waals surface area contributed by atoms with Gasteiger partial charge in [0, 0.05) is 0 Å². The topological polar surface area (TPSA) is 26.3 Å². The number of hydrogen-bond donors (Lipinski definition) is 0. The van der Waals surface area contributed by atoms with E-state index in [2.05, 4.69) is 22.5 Å². The van der Waals surface area contributed by atoms with Gasteiger partial charge in [0.05, 0.1) is 6.61 Å². The lowest BCUT2D eigenvalue weighted by atomic mass is 10.1. The molecule has 0 saturated carbocycles. The molecule has 0 radical (unpaired) electrons. The number of carbonyl (C=O) groups is 1. The van der Waals surface area contributed by atoms with Crippen LogP contribution in [0.3, 0.4) is 0 Å². The summed E-state index contributed by atoms with van der Waals surface area (Å²) in [5, 5.41) is 0. The van der Waals surface area contributed by atoms with Crippen LogP contribution in [0.4, 0.5) is 0 Å². The van der Waals surface area contributed by atoms with E-state index < -0.39 is 4.32 Å². The smallest absolute Gasteiger partial charge is 0.322 e. The van der Waals surface area contributed by atoms with Gasteiger partial charge in [0.2, 0.25) is 0 Å². The van der Waals surface area contributed by atoms with Crippen LogP contribution in [0.15, 0.2) is 12.7 Å². The van der Waals surface area contributed by atoms with Gasteiger partial charge in [-0.2, -0.15) is 0 Å². The van der Waals surface area contributed by atoms with E-state index in [1.165, 1.54) is 0 Å². The summed E-state index contributed by atoms with van der Waals surface area (Å²) >= 11 is 3.34. The fraction of sp³-hybridized carbons (Fsp3) is 0.727. The molecular weight excluding hydrogens is 244 g/mol. The van der Waals surface area contributed by atoms with Crippen LogP contribution in [0, 0.1) is 0 Å². The molecule has 0 aliphatic rings. The molecule has 0 spiro atoms. The van der Waals surface area contributed by atoms with E-state index in [0.29, 0.717) is 6.61 Å². The maximum Gasteiger partial charge on any atom is 0.322 e. The zero-order valence-electron chi connectivity index (χ0n) is 9.01. The number of ether oxygens (including phenoxy) is 1. The van der Waals surface area contributed by atoms with E-state index in [1.54, 1.807) is 0 Å². The molecule has 0 amide bonds. The van der Waals surface area contributed by atoms with Gasteiger partial charge in [-0.25, -0.2) is 0 Å². The second-order valence-corrected chi connectivity index (χ2v) is 5.22. The first-order chi connectivity index (χ1) is 6.54. The number of carbonyl (C=O) groups excluding carboxylic acids is 1. The van der Waals surface area contributed by atoms with Gasteiger partial charge in [-0.15, -0.1) is 6.58 Å². The fourth-order valence-corrected chi connectivity index (χ4v) is 0.965. The highest BCUT2D eigenvalue weighted by atomic mass is 79.9. The Morgan fingerprint density at radius 2 is 2.21 bits per heavy atom. The molecule has 0 aliphatic carbocycles. The number of rotatable bonds is 7. The van der Waals surface area contributed by atoms with Gasteiger partial charge in [0.1, 0.15) is 4.32 Å². The first-order valence-electron chi connectivity index (χ1n) is 5.01. The second-order valence-electron chi connectivity index (χ2n) is 3.47. The Morgan fingerprint density at radius 3 is 2.71 bits per heavy atom. The Morgan fingerprint density at radius 1 is 1.57 bits per heavy atom. The van der Waals surface area contributed by atoms with Crippen molar-refractivity contribution in [3.63, 3.8) is 0 Å². The highest BCUT2D eigenvalue weighted by Gasteiger charge is 2.29. The van der Waals surface area contributed by atoms with Crippen molar-refractivity contribution in [1.82, 2.24) is 0 Å². The molecule has 0 bridgehead atoms. The van der Waals surface area contributed by atoms with Crippen molar-refractivity contribution in [3.05, 3.63) is 12.7 Å². The first kappa shape index (κ1) is 13.7. The largest absolute Gasteiger partial charge is 0.465 e. The Balaban J connectivity index is 3.59. The third-order valence-corrected chi connectivity index (χ3v) is 3.01. The molecule has 14 heavy (non-hydrogen) atoms. The molecule has 0 aromatic heterocycles. The van der Waals surface area contributed by atoms with Gasteiger partial charge in [-0.05, 0) is 32.6 Å². The molecule has 0 N–H and O–H groups in total. The Bertz CT molecular complexity index is 188. The quantitative estimate of drug-likeness (QED) is 0.304. The molecule has 82 valence electrons. The van der Waals surface area contributed by atoms with Crippen molar-refractivity contribution in [2.45, 2.75) is 43.9 Å². The minimum atomic E-state index is -0.522. The predicted octanol–water partition coefficient (Wildman–Crippen LogP) is 3.45. The van der Waals surface area contributed by atoms with Crippen LogP contribution in [-0.4, -0.2) is 16.9 Å². The van der Waals surface area contributed by atoms with Crippen LogP contribution in [0.5, 0.6) is 0 Å². The minimum Gasteiger partial charge on any atom is -0.465 e. The standard InChI is InChI=1S/C11H19BrO2/c1-4-6-7-8-9-14-10(13)11(3,12)5-2/h4H,1,5-9H2,2-3H3. The summed E-state index contributed by atoms with van der Waals surface area (Å²) in [5.41, 5.74) is 0. The van der Waals surface area contributed by atoms with Crippen molar-refractivity contribution in [2.75, 3.05) is 6.61 Å². The first-order valence-corrected chi connectivity index (χ1v) is 5.81. The van der Waals surface area contributed by atoms with Crippen LogP contribution in [0.1, 0.15) is 39.5 Å². The average Bonchev–Trinajstić information content (AvgIpc) is 2.17. The Labute approximate surface area is 94.8 Å². The molecule has 0 saturated heterocycles. The Hall–Kier alpha value is -0.310. The molecule has 1 unspecified atom stereocenters. The van der Waals surface area contributed by atoms with Gasteiger partial charge in [-0.1, -0.05) is 28.9 Å². The monoisotopic (exact) mass is 262 g/mol. The molecule has 3 heteroatoms. The third kappa shape index (κ3) is 5.43. The van der Waals surface area contributed by atoms with E-state index >= 15 is 0 Å². The molecule has 1 atom stereocenters. The lowest BCUT2D eigenvalue weighted by Crippen LogP contribution is -2.29. The van der Waals surface area contributed by atoms with Crippen molar-refractivity contribution in [3.8, 4) is 0 Å². The van der Waals surface area contributed by atoms with Gasteiger partial charge >= 0.3 is 5.97 Å². The molecule has 0 rings (SSSR count). The summed E-state index contributed by atoms with van der Waals surface area (Å²) in [7, 11) is 0. The van der Waals surface area contributed by atoms with Crippen molar-refractivity contribution in [1.29, 1.82) is 0 Å². The van der Waals surface area contributed by atoms with E-state index in [1.807, 2.05) is 19.9 Å². The highest BCUT2D eigenvalue weighted by Crippen LogP contribution is 2.23. The summed E-state index contributed by atoms with van der Waals surface area (Å²) in [6, 6.07) is 0. The Kier molecular flexibility index (Phi) is 6.89. The lowest BCUT2D eigenvalue weighted by Gasteiger charge is -2.18. The number of allylic oxidation sites excluding steroid dienone is 1. The summed E-state index contributed by atoms with van der Waals surface area (Å²) in [5.74, 6) is -0.168. The maximum absolute atomic E-state index is 11.4. The number of alkyl halides is 1. The minimum absolute atomic E-state index is 0.168. The summed E-state index contributed by atoms with van der Waals surface area (Å²) in [6.45, 7) is 7.92. The molecule has 0 aromatic carbocycles. The zero-order chi connectivity index (χ0) is 11.0. The van der Waals surface area contributed by atoms with Crippen LogP contribution in [0.2, 0.25) is 0 Å². The number of unbranched alkanes of at least 4 members (excludes halogenated alkanes) is 2. The summed E-state index contributed by atoms with van der Waals surface area (Å²) in [6.07, 6.45) is 5.53. The SMILES string of the molecule is C=CCCCCOC(=O)C(C)(Br)CC. The molecule has 0 heterocycles. The highest BCUT2D eigenvalue weighted by molar-refractivity contribution is 9.10. The summed E-state index contributed by atoms with van der Waals surface area (Å²) in [4.78, 5) is 11.4. The van der Waals surface area contributed by atoms with E-state index in [-0.39, 0.29) is 5.97 Å². The van der Waals surface area contributed by atoms with Gasteiger partial charge < -0.3 is 4.74 Å². The van der Waals surface area contributed by atoms with Crippen LogP contribution in [0.25, 0.3) is 0 Å². The van der Waals surface area contributed by atoms with E-state index in [9.17, 15) is 4.79 Å². The van der Waals surface area contributed by atoms with E-state index in [0.717, 1.165) is 25.7 Å². The molecule has 0 fully saturated rings. The number of hydrogen-bond acceptors (Lipinski definition) is 2. The second kappa shape index (κ2) is 7.04. The number of halogens is 1. The van der Waals surface area contributed by atoms with Crippen molar-refractivity contribution < 1.29 is 9.53 Å². The van der Waals surface area contributed by atoms with E-state index in [4.69, 9.17) is 4.74 Å². The van der Waals surface area contributed by atoms with Crippen LogP contribution in [-0.2, 0) is 9.53 Å². The number of esters is 1. The van der Waals surface area contributed by atoms with Gasteiger partial charge in [0.25, 0.3) is 0 Å². The van der Waals surface area contributed by atoms with Crippen molar-refractivity contribution in [2.24, 2.45) is 0 Å². The van der Waals surface area contributed by atoms with Gasteiger partial charge in [-0.3, -0.25) is 4.79 Å². The normalized spacial score (nSPS) is 14.5.